The molecule has 196 valence electrons. The van der Waals surface area contributed by atoms with E-state index in [0.29, 0.717) is 5.02 Å². The lowest BCUT2D eigenvalue weighted by molar-refractivity contribution is -0.106. The van der Waals surface area contributed by atoms with E-state index in [1.165, 1.54) is 48.5 Å². The van der Waals surface area contributed by atoms with E-state index in [-0.39, 0.29) is 34.5 Å². The lowest BCUT2D eigenvalue weighted by Crippen LogP contribution is -2.36. The normalized spacial score (nSPS) is 12.2. The predicted octanol–water partition coefficient (Wildman–Crippen LogP) is 5.23. The molecule has 0 bridgehead atoms. The molecule has 0 atom stereocenters. The number of rotatable bonds is 7. The summed E-state index contributed by atoms with van der Waals surface area (Å²) >= 11 is 11.6. The SMILES string of the molecule is O=C(NC(=NCc1ccc(Cl)cc1F)Nc1cccc(NS(=O)(=O)CC(F)(F)F)n1)c1ccc(Cl)cc1. The highest BCUT2D eigenvalue weighted by molar-refractivity contribution is 7.92. The van der Waals surface area contributed by atoms with Gasteiger partial charge in [0.15, 0.2) is 5.75 Å². The Morgan fingerprint density at radius 2 is 1.62 bits per heavy atom. The Hall–Kier alpha value is -3.42. The highest BCUT2D eigenvalue weighted by Gasteiger charge is 2.35. The molecule has 0 saturated heterocycles. The molecular weight excluding hydrogens is 561 g/mol. The van der Waals surface area contributed by atoms with Gasteiger partial charge in [-0.1, -0.05) is 35.3 Å². The van der Waals surface area contributed by atoms with E-state index in [2.05, 4.69) is 20.6 Å². The second-order valence-corrected chi connectivity index (χ2v) is 9.97. The van der Waals surface area contributed by atoms with E-state index in [1.807, 2.05) is 0 Å². The zero-order chi connectivity index (χ0) is 27.2. The molecule has 3 rings (SSSR count). The summed E-state index contributed by atoms with van der Waals surface area (Å²) in [5.41, 5.74) is 0.351. The zero-order valence-electron chi connectivity index (χ0n) is 18.5. The van der Waals surface area contributed by atoms with Gasteiger partial charge < -0.3 is 5.32 Å². The van der Waals surface area contributed by atoms with Crippen LogP contribution in [0.2, 0.25) is 10.0 Å². The lowest BCUT2D eigenvalue weighted by Gasteiger charge is -2.13. The van der Waals surface area contributed by atoms with Gasteiger partial charge in [0, 0.05) is 21.2 Å². The summed E-state index contributed by atoms with van der Waals surface area (Å²) in [5, 5.41) is 5.70. The van der Waals surface area contributed by atoms with Gasteiger partial charge in [-0.15, -0.1) is 0 Å². The second kappa shape index (κ2) is 11.8. The Kier molecular flexibility index (Phi) is 8.94. The van der Waals surface area contributed by atoms with Crippen LogP contribution >= 0.6 is 23.2 Å². The van der Waals surface area contributed by atoms with Gasteiger partial charge in [-0.25, -0.2) is 22.8 Å². The van der Waals surface area contributed by atoms with Crippen molar-refractivity contribution in [2.75, 3.05) is 15.8 Å². The third kappa shape index (κ3) is 9.19. The third-order valence-electron chi connectivity index (χ3n) is 4.37. The number of benzene rings is 2. The number of nitrogens with one attached hydrogen (secondary N) is 3. The largest absolute Gasteiger partial charge is 0.404 e. The fourth-order valence-electron chi connectivity index (χ4n) is 2.80. The molecule has 1 amide bonds. The molecule has 3 N–H and O–H groups in total. The fourth-order valence-corrected chi connectivity index (χ4v) is 4.02. The van der Waals surface area contributed by atoms with Gasteiger partial charge in [-0.05, 0) is 48.5 Å². The summed E-state index contributed by atoms with van der Waals surface area (Å²) < 4.78 is 77.0. The van der Waals surface area contributed by atoms with Crippen LogP contribution in [0.15, 0.2) is 65.7 Å². The Labute approximate surface area is 218 Å². The fraction of sp³-hybridized carbons (Fsp3) is 0.136. The molecule has 0 aliphatic heterocycles. The van der Waals surface area contributed by atoms with Gasteiger partial charge in [0.1, 0.15) is 17.5 Å². The molecule has 0 spiro atoms. The van der Waals surface area contributed by atoms with Crippen molar-refractivity contribution in [2.45, 2.75) is 12.7 Å². The first-order valence-corrected chi connectivity index (χ1v) is 12.6. The van der Waals surface area contributed by atoms with Gasteiger partial charge in [0.25, 0.3) is 5.91 Å². The Bertz CT molecular complexity index is 1420. The number of aliphatic imine (C=N–C) groups is 1. The van der Waals surface area contributed by atoms with Gasteiger partial charge in [-0.2, -0.15) is 13.2 Å². The van der Waals surface area contributed by atoms with Crippen LogP contribution in [-0.2, 0) is 16.6 Å². The number of hydrogen-bond acceptors (Lipinski definition) is 5. The van der Waals surface area contributed by atoms with Crippen molar-refractivity contribution in [1.29, 1.82) is 0 Å². The van der Waals surface area contributed by atoms with E-state index in [1.54, 1.807) is 4.72 Å². The molecule has 0 radical (unpaired) electrons. The number of carbonyl (C=O) groups excluding carboxylic acids is 1. The van der Waals surface area contributed by atoms with Crippen LogP contribution in [0.3, 0.4) is 0 Å². The zero-order valence-corrected chi connectivity index (χ0v) is 20.8. The first-order chi connectivity index (χ1) is 17.3. The van der Waals surface area contributed by atoms with Gasteiger partial charge in [0.2, 0.25) is 16.0 Å². The van der Waals surface area contributed by atoms with Crippen molar-refractivity contribution in [1.82, 2.24) is 10.3 Å². The number of halogens is 6. The van der Waals surface area contributed by atoms with Crippen molar-refractivity contribution in [2.24, 2.45) is 4.99 Å². The molecule has 15 heteroatoms. The molecule has 0 aliphatic carbocycles. The quantitative estimate of drug-likeness (QED) is 0.202. The van der Waals surface area contributed by atoms with Crippen LogP contribution in [0.4, 0.5) is 29.2 Å². The van der Waals surface area contributed by atoms with E-state index in [4.69, 9.17) is 23.2 Å². The number of carbonyl (C=O) groups is 1. The summed E-state index contributed by atoms with van der Waals surface area (Å²) in [6.07, 6.45) is -4.95. The first-order valence-electron chi connectivity index (χ1n) is 10.2. The maximum Gasteiger partial charge on any atom is 0.404 e. The predicted molar refractivity (Wildman–Crippen MR) is 133 cm³/mol. The van der Waals surface area contributed by atoms with E-state index >= 15 is 0 Å². The van der Waals surface area contributed by atoms with Crippen molar-refractivity contribution >= 4 is 56.7 Å². The summed E-state index contributed by atoms with van der Waals surface area (Å²) in [6.45, 7) is -0.246. The minimum atomic E-state index is -4.95. The molecule has 2 aromatic carbocycles. The number of amides is 1. The Balaban J connectivity index is 1.85. The summed E-state index contributed by atoms with van der Waals surface area (Å²) in [4.78, 5) is 20.7. The average molecular weight is 578 g/mol. The molecule has 0 saturated carbocycles. The third-order valence-corrected chi connectivity index (χ3v) is 6.08. The Morgan fingerprint density at radius 3 is 2.27 bits per heavy atom. The number of hydrogen-bond donors (Lipinski definition) is 3. The molecular formula is C22H17Cl2F4N5O3S. The monoisotopic (exact) mass is 577 g/mol. The lowest BCUT2D eigenvalue weighted by atomic mass is 10.2. The van der Waals surface area contributed by atoms with Crippen LogP contribution in [-0.4, -0.2) is 37.2 Å². The maximum atomic E-state index is 14.2. The second-order valence-electron chi connectivity index (χ2n) is 7.37. The smallest absolute Gasteiger partial charge is 0.311 e. The molecule has 3 aromatic rings. The molecule has 0 unspecified atom stereocenters. The molecule has 8 nitrogen and oxygen atoms in total. The minimum absolute atomic E-state index is 0.0843. The summed E-state index contributed by atoms with van der Waals surface area (Å²) in [7, 11) is -4.78. The average Bonchev–Trinajstić information content (AvgIpc) is 2.77. The van der Waals surface area contributed by atoms with Crippen LogP contribution in [0.25, 0.3) is 0 Å². The van der Waals surface area contributed by atoms with E-state index < -0.39 is 39.5 Å². The number of sulfonamides is 1. The van der Waals surface area contributed by atoms with E-state index in [0.717, 1.165) is 12.1 Å². The van der Waals surface area contributed by atoms with Crippen molar-refractivity contribution in [3.05, 3.63) is 87.7 Å². The van der Waals surface area contributed by atoms with Crippen molar-refractivity contribution < 1.29 is 30.8 Å². The topological polar surface area (TPSA) is 113 Å². The number of anilines is 2. The summed E-state index contributed by atoms with van der Waals surface area (Å²) in [5.74, 6) is -4.08. The van der Waals surface area contributed by atoms with Crippen molar-refractivity contribution in [3.63, 3.8) is 0 Å². The maximum absolute atomic E-state index is 14.2. The number of pyridine rings is 1. The first kappa shape index (κ1) is 28.2. The Morgan fingerprint density at radius 1 is 0.973 bits per heavy atom. The van der Waals surface area contributed by atoms with Crippen molar-refractivity contribution in [3.8, 4) is 0 Å². The molecule has 1 aromatic heterocycles. The van der Waals surface area contributed by atoms with E-state index in [9.17, 15) is 30.8 Å². The van der Waals surface area contributed by atoms with Crippen LogP contribution < -0.4 is 15.4 Å². The van der Waals surface area contributed by atoms with Crippen LogP contribution in [0.1, 0.15) is 15.9 Å². The van der Waals surface area contributed by atoms with Gasteiger partial charge in [0.05, 0.1) is 6.54 Å². The summed E-state index contributed by atoms with van der Waals surface area (Å²) in [6, 6.07) is 13.6. The molecule has 0 fully saturated rings. The van der Waals surface area contributed by atoms with Gasteiger partial charge >= 0.3 is 6.18 Å². The number of aromatic nitrogens is 1. The number of guanidine groups is 1. The number of nitrogens with zero attached hydrogens (tertiary/aromatic N) is 2. The highest BCUT2D eigenvalue weighted by Crippen LogP contribution is 2.20. The van der Waals surface area contributed by atoms with Gasteiger partial charge in [-0.3, -0.25) is 14.8 Å². The molecule has 37 heavy (non-hydrogen) atoms. The molecule has 1 heterocycles. The standard InChI is InChI=1S/C22H17Cl2F4N5O3S/c23-15-7-4-13(5-8-15)20(34)32-21(29-11-14-6-9-16(24)10-17(14)25)31-18-2-1-3-19(30-18)33-37(35,36)12-22(26,27)28/h1-10H,11-12H2,(H3,29,30,31,32,33,34). The van der Waals surface area contributed by atoms with Crippen LogP contribution in [0, 0.1) is 5.82 Å². The highest BCUT2D eigenvalue weighted by atomic mass is 35.5. The molecule has 0 aliphatic rings. The van der Waals surface area contributed by atoms with Crippen LogP contribution in [0.5, 0.6) is 0 Å². The number of alkyl halides is 3. The minimum Gasteiger partial charge on any atom is -0.311 e.